The van der Waals surface area contributed by atoms with Crippen LogP contribution in [-0.4, -0.2) is 28.7 Å². The second-order valence-electron chi connectivity index (χ2n) is 6.44. The summed E-state index contributed by atoms with van der Waals surface area (Å²) in [5.74, 6) is -2.15. The van der Waals surface area contributed by atoms with Gasteiger partial charge in [-0.1, -0.05) is 13.8 Å². The van der Waals surface area contributed by atoms with E-state index in [-0.39, 0.29) is 41.4 Å². The van der Waals surface area contributed by atoms with Gasteiger partial charge in [0.05, 0.1) is 23.8 Å². The zero-order chi connectivity index (χ0) is 13.9. The number of imide groups is 1. The Labute approximate surface area is 112 Å². The number of carbonyl (C=O) groups is 3. The molecule has 2 bridgehead atoms. The molecule has 5 heteroatoms. The van der Waals surface area contributed by atoms with Gasteiger partial charge in [-0.3, -0.25) is 14.5 Å². The van der Waals surface area contributed by atoms with E-state index in [1.807, 2.05) is 0 Å². The third-order valence-corrected chi connectivity index (χ3v) is 5.11. The van der Waals surface area contributed by atoms with E-state index in [2.05, 4.69) is 0 Å². The van der Waals surface area contributed by atoms with E-state index >= 15 is 0 Å². The smallest absolute Gasteiger partial charge is 0.234 e. The molecule has 0 aromatic rings. The summed E-state index contributed by atoms with van der Waals surface area (Å²) in [5, 5.41) is 11.3. The van der Waals surface area contributed by atoms with E-state index in [0.29, 0.717) is 0 Å². The van der Waals surface area contributed by atoms with Gasteiger partial charge < -0.3 is 9.90 Å². The SMILES string of the molecule is CC(C)[C@H](C(=O)[O-])N1C(=O)[C@H]2[C@@H]3CC[C@@H](C3)[C@@H]2C1=O. The number of hydrogen-bond acceptors (Lipinski definition) is 4. The van der Waals surface area contributed by atoms with E-state index in [4.69, 9.17) is 0 Å². The van der Waals surface area contributed by atoms with Crippen molar-refractivity contribution in [3.05, 3.63) is 0 Å². The number of carboxylic acids is 1. The largest absolute Gasteiger partial charge is 0.548 e. The molecular weight excluding hydrogens is 246 g/mol. The van der Waals surface area contributed by atoms with Crippen LogP contribution in [0.1, 0.15) is 33.1 Å². The van der Waals surface area contributed by atoms with Crippen LogP contribution in [0.2, 0.25) is 0 Å². The maximum atomic E-state index is 12.5. The van der Waals surface area contributed by atoms with Crippen LogP contribution in [0.15, 0.2) is 0 Å². The van der Waals surface area contributed by atoms with E-state index in [0.717, 1.165) is 24.2 Å². The summed E-state index contributed by atoms with van der Waals surface area (Å²) in [6, 6.07) is -1.12. The normalized spacial score (nSPS) is 38.2. The zero-order valence-electron chi connectivity index (χ0n) is 11.2. The first-order valence-corrected chi connectivity index (χ1v) is 7.01. The van der Waals surface area contributed by atoms with Crippen LogP contribution in [0.25, 0.3) is 0 Å². The first kappa shape index (κ1) is 12.6. The minimum absolute atomic E-state index is 0.258. The van der Waals surface area contributed by atoms with Gasteiger partial charge in [-0.05, 0) is 37.0 Å². The average Bonchev–Trinajstić information content (AvgIpc) is 2.97. The molecule has 104 valence electrons. The van der Waals surface area contributed by atoms with Crippen molar-refractivity contribution >= 4 is 17.8 Å². The molecule has 0 N–H and O–H groups in total. The molecule has 2 aliphatic carbocycles. The third-order valence-electron chi connectivity index (χ3n) is 5.11. The monoisotopic (exact) mass is 264 g/mol. The zero-order valence-corrected chi connectivity index (χ0v) is 11.2. The first-order valence-electron chi connectivity index (χ1n) is 7.01. The fraction of sp³-hybridized carbons (Fsp3) is 0.786. The number of likely N-dealkylation sites (tertiary alicyclic amines) is 1. The van der Waals surface area contributed by atoms with Crippen molar-refractivity contribution in [3.63, 3.8) is 0 Å². The number of rotatable bonds is 3. The lowest BCUT2D eigenvalue weighted by molar-refractivity contribution is -0.312. The van der Waals surface area contributed by atoms with Gasteiger partial charge in [-0.2, -0.15) is 0 Å². The van der Waals surface area contributed by atoms with Gasteiger partial charge >= 0.3 is 0 Å². The molecule has 1 aliphatic heterocycles. The highest BCUT2D eigenvalue weighted by molar-refractivity contribution is 6.08. The molecule has 2 saturated carbocycles. The number of nitrogens with zero attached hydrogens (tertiary/aromatic N) is 1. The first-order chi connectivity index (χ1) is 8.93. The lowest BCUT2D eigenvalue weighted by Gasteiger charge is -2.31. The molecule has 3 fully saturated rings. The van der Waals surface area contributed by atoms with Crippen molar-refractivity contribution in [2.75, 3.05) is 0 Å². The lowest BCUT2D eigenvalue weighted by Crippen LogP contribution is -2.54. The number of hydrogen-bond donors (Lipinski definition) is 0. The third kappa shape index (κ3) is 1.56. The maximum Gasteiger partial charge on any atom is 0.234 e. The Morgan fingerprint density at radius 2 is 1.63 bits per heavy atom. The summed E-state index contributed by atoms with van der Waals surface area (Å²) in [6.45, 7) is 3.40. The topological polar surface area (TPSA) is 77.5 Å². The summed E-state index contributed by atoms with van der Waals surface area (Å²) in [7, 11) is 0. The number of carboxylic acid groups (broad SMARTS) is 1. The van der Waals surface area contributed by atoms with Gasteiger partial charge in [0.1, 0.15) is 0 Å². The van der Waals surface area contributed by atoms with Crippen molar-refractivity contribution in [1.29, 1.82) is 0 Å². The van der Waals surface area contributed by atoms with Crippen LogP contribution in [0.4, 0.5) is 0 Å². The summed E-state index contributed by atoms with van der Waals surface area (Å²) < 4.78 is 0. The van der Waals surface area contributed by atoms with Crippen LogP contribution >= 0.6 is 0 Å². The molecule has 1 saturated heterocycles. The van der Waals surface area contributed by atoms with E-state index in [1.54, 1.807) is 13.8 Å². The van der Waals surface area contributed by atoms with Crippen LogP contribution in [0, 0.1) is 29.6 Å². The van der Waals surface area contributed by atoms with Gasteiger partial charge in [-0.15, -0.1) is 0 Å². The molecule has 0 radical (unpaired) electrons. The highest BCUT2D eigenvalue weighted by Gasteiger charge is 2.62. The van der Waals surface area contributed by atoms with Crippen molar-refractivity contribution in [2.24, 2.45) is 29.6 Å². The summed E-state index contributed by atoms with van der Waals surface area (Å²) in [5.41, 5.74) is 0. The Bertz CT molecular complexity index is 430. The van der Waals surface area contributed by atoms with Crippen molar-refractivity contribution in [1.82, 2.24) is 4.90 Å². The Balaban J connectivity index is 1.94. The van der Waals surface area contributed by atoms with Crippen LogP contribution in [0.3, 0.4) is 0 Å². The highest BCUT2D eigenvalue weighted by atomic mass is 16.4. The molecular formula is C14H18NO4-. The predicted octanol–water partition coefficient (Wildman–Crippen LogP) is -0.208. The van der Waals surface area contributed by atoms with Crippen LogP contribution < -0.4 is 5.11 Å². The summed E-state index contributed by atoms with van der Waals surface area (Å²) in [6.07, 6.45) is 2.95. The van der Waals surface area contributed by atoms with Crippen LogP contribution in [0.5, 0.6) is 0 Å². The second-order valence-corrected chi connectivity index (χ2v) is 6.44. The quantitative estimate of drug-likeness (QED) is 0.661. The number of amides is 2. The van der Waals surface area contributed by atoms with Crippen molar-refractivity contribution < 1.29 is 19.5 Å². The Hall–Kier alpha value is -1.39. The van der Waals surface area contributed by atoms with E-state index < -0.39 is 12.0 Å². The molecule has 2 amide bonds. The standard InChI is InChI=1S/C14H19NO4/c1-6(2)11(14(18)19)15-12(16)9-7-3-4-8(5-7)10(9)13(15)17/h6-11H,3-5H2,1-2H3,(H,18,19)/p-1/t7-,8+,9-,10-,11+/m0/s1. The molecule has 3 aliphatic rings. The number of carbonyl (C=O) groups excluding carboxylic acids is 3. The molecule has 0 unspecified atom stereocenters. The number of aliphatic carboxylic acids is 1. The minimum atomic E-state index is -1.33. The molecule has 19 heavy (non-hydrogen) atoms. The van der Waals surface area contributed by atoms with Gasteiger partial charge in [0.25, 0.3) is 0 Å². The molecule has 5 nitrogen and oxygen atoms in total. The summed E-state index contributed by atoms with van der Waals surface area (Å²) in [4.78, 5) is 37.2. The Kier molecular flexibility index (Phi) is 2.69. The predicted molar refractivity (Wildman–Crippen MR) is 63.3 cm³/mol. The summed E-state index contributed by atoms with van der Waals surface area (Å²) >= 11 is 0. The van der Waals surface area contributed by atoms with Gasteiger partial charge in [0, 0.05) is 0 Å². The van der Waals surface area contributed by atoms with Gasteiger partial charge in [-0.25, -0.2) is 0 Å². The maximum absolute atomic E-state index is 12.5. The van der Waals surface area contributed by atoms with Gasteiger partial charge in [0.2, 0.25) is 11.8 Å². The molecule has 0 aromatic carbocycles. The van der Waals surface area contributed by atoms with Crippen LogP contribution in [-0.2, 0) is 14.4 Å². The lowest BCUT2D eigenvalue weighted by atomic mass is 9.81. The molecule has 3 rings (SSSR count). The molecule has 5 atom stereocenters. The van der Waals surface area contributed by atoms with E-state index in [1.165, 1.54) is 0 Å². The Morgan fingerprint density at radius 1 is 1.16 bits per heavy atom. The molecule has 0 spiro atoms. The highest BCUT2D eigenvalue weighted by Crippen LogP contribution is 2.56. The van der Waals surface area contributed by atoms with Crippen molar-refractivity contribution in [3.8, 4) is 0 Å². The Morgan fingerprint density at radius 3 is 2.00 bits per heavy atom. The minimum Gasteiger partial charge on any atom is -0.548 e. The second kappa shape index (κ2) is 4.05. The molecule has 0 aromatic heterocycles. The number of fused-ring (bicyclic) bond motifs is 5. The van der Waals surface area contributed by atoms with Crippen molar-refractivity contribution in [2.45, 2.75) is 39.2 Å². The fourth-order valence-corrected chi connectivity index (χ4v) is 4.38. The van der Waals surface area contributed by atoms with Gasteiger partial charge in [0.15, 0.2) is 0 Å². The molecule has 1 heterocycles. The average molecular weight is 264 g/mol. The fourth-order valence-electron chi connectivity index (χ4n) is 4.38. The van der Waals surface area contributed by atoms with E-state index in [9.17, 15) is 19.5 Å².